The molecule has 1 aromatic carbocycles. The molecule has 0 saturated heterocycles. The lowest BCUT2D eigenvalue weighted by Crippen LogP contribution is -2.39. The third-order valence-corrected chi connectivity index (χ3v) is 2.74. The fourth-order valence-corrected chi connectivity index (χ4v) is 1.60. The molecule has 6 nitrogen and oxygen atoms in total. The summed E-state index contributed by atoms with van der Waals surface area (Å²) in [5.41, 5.74) is 13.2. The lowest BCUT2D eigenvalue weighted by Gasteiger charge is -2.16. The number of amides is 2. The number of nitrogens with one attached hydrogen (secondary N) is 1. The third kappa shape index (κ3) is 4.26. The van der Waals surface area contributed by atoms with Crippen molar-refractivity contribution < 1.29 is 9.59 Å². The van der Waals surface area contributed by atoms with Crippen molar-refractivity contribution in [3.8, 4) is 0 Å². The van der Waals surface area contributed by atoms with E-state index < -0.39 is 17.9 Å². The van der Waals surface area contributed by atoms with Gasteiger partial charge in [0.05, 0.1) is 12.5 Å². The second kappa shape index (κ2) is 6.19. The third-order valence-electron chi connectivity index (χ3n) is 2.74. The zero-order valence-electron chi connectivity index (χ0n) is 11.4. The highest BCUT2D eigenvalue weighted by Crippen LogP contribution is 2.21. The summed E-state index contributed by atoms with van der Waals surface area (Å²) >= 11 is 0. The number of carbonyl (C=O) groups excluding carboxylic acids is 2. The largest absolute Gasteiger partial charge is 0.378 e. The number of benzene rings is 1. The Morgan fingerprint density at radius 3 is 2.47 bits per heavy atom. The van der Waals surface area contributed by atoms with E-state index in [0.717, 1.165) is 11.3 Å². The average molecular weight is 264 g/mol. The molecular weight excluding hydrogens is 244 g/mol. The number of nitrogens with two attached hydrogens (primary N) is 2. The van der Waals surface area contributed by atoms with Gasteiger partial charge in [-0.05, 0) is 30.7 Å². The summed E-state index contributed by atoms with van der Waals surface area (Å²) in [6, 6.07) is 4.72. The Morgan fingerprint density at radius 1 is 1.37 bits per heavy atom. The highest BCUT2D eigenvalue weighted by atomic mass is 16.2. The molecule has 0 aliphatic carbocycles. The van der Waals surface area contributed by atoms with Gasteiger partial charge in [-0.1, -0.05) is 0 Å². The Bertz CT molecular complexity index is 486. The molecule has 0 aliphatic rings. The summed E-state index contributed by atoms with van der Waals surface area (Å²) in [7, 11) is 3.88. The van der Waals surface area contributed by atoms with Crippen molar-refractivity contribution in [2.75, 3.05) is 24.3 Å². The van der Waals surface area contributed by atoms with Gasteiger partial charge in [0.2, 0.25) is 11.8 Å². The highest BCUT2D eigenvalue weighted by molar-refractivity contribution is 5.97. The van der Waals surface area contributed by atoms with Crippen molar-refractivity contribution in [2.45, 2.75) is 19.4 Å². The molecule has 5 N–H and O–H groups in total. The predicted molar refractivity (Wildman–Crippen MR) is 75.9 cm³/mol. The average Bonchev–Trinajstić information content (AvgIpc) is 2.30. The summed E-state index contributed by atoms with van der Waals surface area (Å²) < 4.78 is 0. The molecule has 6 heteroatoms. The van der Waals surface area contributed by atoms with Crippen LogP contribution >= 0.6 is 0 Å². The SMILES string of the molecule is Cc1cc(N(C)C)ccc1NC(=O)C(N)CC(N)=O. The Hall–Kier alpha value is -2.08. The maximum absolute atomic E-state index is 11.8. The first-order chi connectivity index (χ1) is 8.81. The number of hydrogen-bond acceptors (Lipinski definition) is 4. The van der Waals surface area contributed by atoms with Gasteiger partial charge in [0.15, 0.2) is 0 Å². The Balaban J connectivity index is 2.77. The fourth-order valence-electron chi connectivity index (χ4n) is 1.60. The maximum atomic E-state index is 11.8. The molecule has 0 aliphatic heterocycles. The Labute approximate surface area is 112 Å². The van der Waals surface area contributed by atoms with Crippen molar-refractivity contribution in [1.82, 2.24) is 0 Å². The molecule has 1 rings (SSSR count). The van der Waals surface area contributed by atoms with Crippen LogP contribution in [-0.4, -0.2) is 32.0 Å². The topological polar surface area (TPSA) is 101 Å². The molecule has 0 saturated carbocycles. The molecular formula is C13H20N4O2. The van der Waals surface area contributed by atoms with Crippen LogP contribution in [0.4, 0.5) is 11.4 Å². The smallest absolute Gasteiger partial charge is 0.241 e. The summed E-state index contributed by atoms with van der Waals surface area (Å²) in [5, 5.41) is 2.69. The predicted octanol–water partition coefficient (Wildman–Crippen LogP) is 0.202. The fraction of sp³-hybridized carbons (Fsp3) is 0.385. The standard InChI is InChI=1S/C13H20N4O2/c1-8-6-9(17(2)3)4-5-11(8)16-13(19)10(14)7-12(15)18/h4-6,10H,7,14H2,1-3H3,(H2,15,18)(H,16,19). The number of hydrogen-bond donors (Lipinski definition) is 3. The molecule has 0 heterocycles. The monoisotopic (exact) mass is 264 g/mol. The normalized spacial score (nSPS) is 11.8. The van der Waals surface area contributed by atoms with E-state index in [-0.39, 0.29) is 6.42 Å². The maximum Gasteiger partial charge on any atom is 0.241 e. The minimum absolute atomic E-state index is 0.166. The van der Waals surface area contributed by atoms with Crippen molar-refractivity contribution in [1.29, 1.82) is 0 Å². The van der Waals surface area contributed by atoms with Crippen molar-refractivity contribution >= 4 is 23.2 Å². The van der Waals surface area contributed by atoms with Crippen molar-refractivity contribution in [3.05, 3.63) is 23.8 Å². The molecule has 2 amide bonds. The number of aryl methyl sites for hydroxylation is 1. The van der Waals surface area contributed by atoms with Gasteiger partial charge in [0.1, 0.15) is 0 Å². The molecule has 1 atom stereocenters. The van der Waals surface area contributed by atoms with Gasteiger partial charge in [-0.15, -0.1) is 0 Å². The molecule has 19 heavy (non-hydrogen) atoms. The second-order valence-corrected chi connectivity index (χ2v) is 4.66. The zero-order chi connectivity index (χ0) is 14.6. The van der Waals surface area contributed by atoms with Crippen molar-refractivity contribution in [2.24, 2.45) is 11.5 Å². The van der Waals surface area contributed by atoms with E-state index in [1.165, 1.54) is 0 Å². The minimum Gasteiger partial charge on any atom is -0.378 e. The first-order valence-corrected chi connectivity index (χ1v) is 5.94. The second-order valence-electron chi connectivity index (χ2n) is 4.66. The van der Waals surface area contributed by atoms with Crippen LogP contribution < -0.4 is 21.7 Å². The first kappa shape index (κ1) is 15.0. The van der Waals surface area contributed by atoms with Gasteiger partial charge in [-0.25, -0.2) is 0 Å². The molecule has 0 radical (unpaired) electrons. The highest BCUT2D eigenvalue weighted by Gasteiger charge is 2.16. The van der Waals surface area contributed by atoms with Gasteiger partial charge in [0, 0.05) is 25.5 Å². The number of primary amides is 1. The Kier molecular flexibility index (Phi) is 4.88. The van der Waals surface area contributed by atoms with Crippen molar-refractivity contribution in [3.63, 3.8) is 0 Å². The van der Waals surface area contributed by atoms with E-state index in [1.807, 2.05) is 38.1 Å². The van der Waals surface area contributed by atoms with Crippen LogP contribution in [0, 0.1) is 6.92 Å². The van der Waals surface area contributed by atoms with Crippen LogP contribution in [0.1, 0.15) is 12.0 Å². The lowest BCUT2D eigenvalue weighted by molar-refractivity contribution is -0.123. The van der Waals surface area contributed by atoms with Crippen LogP contribution in [0.25, 0.3) is 0 Å². The van der Waals surface area contributed by atoms with E-state index in [4.69, 9.17) is 11.5 Å². The van der Waals surface area contributed by atoms with E-state index in [1.54, 1.807) is 6.07 Å². The summed E-state index contributed by atoms with van der Waals surface area (Å²) in [6.45, 7) is 1.89. The van der Waals surface area contributed by atoms with Gasteiger partial charge in [-0.2, -0.15) is 0 Å². The van der Waals surface area contributed by atoms with Gasteiger partial charge in [0.25, 0.3) is 0 Å². The summed E-state index contributed by atoms with van der Waals surface area (Å²) in [6.07, 6.45) is -0.166. The van der Waals surface area contributed by atoms with Crippen LogP contribution in [0.5, 0.6) is 0 Å². The van der Waals surface area contributed by atoms with E-state index in [2.05, 4.69) is 5.32 Å². The molecule has 0 fully saturated rings. The summed E-state index contributed by atoms with van der Waals surface area (Å²) in [4.78, 5) is 24.4. The minimum atomic E-state index is -0.926. The number of anilines is 2. The molecule has 0 spiro atoms. The molecule has 0 aromatic heterocycles. The quantitative estimate of drug-likeness (QED) is 0.707. The van der Waals surface area contributed by atoms with Gasteiger partial charge in [-0.3, -0.25) is 9.59 Å². The van der Waals surface area contributed by atoms with Crippen LogP contribution in [-0.2, 0) is 9.59 Å². The van der Waals surface area contributed by atoms with E-state index in [9.17, 15) is 9.59 Å². The van der Waals surface area contributed by atoms with E-state index >= 15 is 0 Å². The number of nitrogens with zero attached hydrogens (tertiary/aromatic N) is 1. The number of carbonyl (C=O) groups is 2. The summed E-state index contributed by atoms with van der Waals surface area (Å²) in [5.74, 6) is -1.01. The molecule has 1 aromatic rings. The van der Waals surface area contributed by atoms with Gasteiger partial charge < -0.3 is 21.7 Å². The van der Waals surface area contributed by atoms with Crippen LogP contribution in [0.15, 0.2) is 18.2 Å². The zero-order valence-corrected chi connectivity index (χ0v) is 11.4. The lowest BCUT2D eigenvalue weighted by atomic mass is 10.1. The van der Waals surface area contributed by atoms with E-state index in [0.29, 0.717) is 5.69 Å². The first-order valence-electron chi connectivity index (χ1n) is 5.94. The molecule has 1 unspecified atom stereocenters. The molecule has 0 bridgehead atoms. The Morgan fingerprint density at radius 2 is 2.00 bits per heavy atom. The number of rotatable bonds is 5. The molecule has 104 valence electrons. The van der Waals surface area contributed by atoms with Crippen LogP contribution in [0.2, 0.25) is 0 Å². The van der Waals surface area contributed by atoms with Gasteiger partial charge >= 0.3 is 0 Å². The van der Waals surface area contributed by atoms with Crippen LogP contribution in [0.3, 0.4) is 0 Å².